The summed E-state index contributed by atoms with van der Waals surface area (Å²) in [5.74, 6) is 0.711. The SMILES string of the molecule is CSCc1ccccc1C(C)OC(C)=O. The number of benzene rings is 1. The molecule has 1 rings (SSSR count). The van der Waals surface area contributed by atoms with Gasteiger partial charge < -0.3 is 4.74 Å². The van der Waals surface area contributed by atoms with Crippen LogP contribution in [0.2, 0.25) is 0 Å². The summed E-state index contributed by atoms with van der Waals surface area (Å²) in [6, 6.07) is 8.07. The molecule has 15 heavy (non-hydrogen) atoms. The Bertz CT molecular complexity index is 336. The van der Waals surface area contributed by atoms with Crippen molar-refractivity contribution in [2.75, 3.05) is 6.26 Å². The van der Waals surface area contributed by atoms with E-state index in [2.05, 4.69) is 12.3 Å². The molecule has 0 fully saturated rings. The zero-order valence-electron chi connectivity index (χ0n) is 9.32. The number of rotatable bonds is 4. The van der Waals surface area contributed by atoms with Crippen LogP contribution in [0.15, 0.2) is 24.3 Å². The van der Waals surface area contributed by atoms with Gasteiger partial charge in [-0.05, 0) is 24.3 Å². The predicted octanol–water partition coefficient (Wildman–Crippen LogP) is 3.17. The lowest BCUT2D eigenvalue weighted by atomic mass is 10.0. The van der Waals surface area contributed by atoms with Crippen LogP contribution in [0.1, 0.15) is 31.1 Å². The van der Waals surface area contributed by atoms with Gasteiger partial charge >= 0.3 is 5.97 Å². The Hall–Kier alpha value is -0.960. The van der Waals surface area contributed by atoms with E-state index >= 15 is 0 Å². The molecule has 3 heteroatoms. The summed E-state index contributed by atoms with van der Waals surface area (Å²) >= 11 is 1.76. The molecule has 1 unspecified atom stereocenters. The van der Waals surface area contributed by atoms with E-state index in [1.807, 2.05) is 25.1 Å². The first-order valence-electron chi connectivity index (χ1n) is 4.89. The first kappa shape index (κ1) is 12.1. The summed E-state index contributed by atoms with van der Waals surface area (Å²) in [7, 11) is 0. The van der Waals surface area contributed by atoms with Crippen molar-refractivity contribution in [3.05, 3.63) is 35.4 Å². The van der Waals surface area contributed by atoms with Gasteiger partial charge in [-0.3, -0.25) is 4.79 Å². The van der Waals surface area contributed by atoms with Gasteiger partial charge in [0.25, 0.3) is 0 Å². The molecule has 0 aliphatic heterocycles. The second-order valence-electron chi connectivity index (χ2n) is 3.38. The molecule has 0 aliphatic carbocycles. The van der Waals surface area contributed by atoms with E-state index < -0.39 is 0 Å². The highest BCUT2D eigenvalue weighted by atomic mass is 32.2. The minimum atomic E-state index is -0.235. The highest BCUT2D eigenvalue weighted by Crippen LogP contribution is 2.23. The average molecular weight is 224 g/mol. The number of ether oxygens (including phenoxy) is 1. The Morgan fingerprint density at radius 2 is 2.13 bits per heavy atom. The summed E-state index contributed by atoms with van der Waals surface area (Å²) in [6.07, 6.45) is 1.90. The van der Waals surface area contributed by atoms with Gasteiger partial charge in [0.2, 0.25) is 0 Å². The van der Waals surface area contributed by atoms with Crippen molar-refractivity contribution in [3.63, 3.8) is 0 Å². The normalized spacial score (nSPS) is 12.2. The third kappa shape index (κ3) is 3.59. The van der Waals surface area contributed by atoms with Crippen LogP contribution >= 0.6 is 11.8 Å². The summed E-state index contributed by atoms with van der Waals surface area (Å²) < 4.78 is 5.18. The zero-order valence-corrected chi connectivity index (χ0v) is 10.1. The highest BCUT2D eigenvalue weighted by molar-refractivity contribution is 7.97. The van der Waals surface area contributed by atoms with Crippen molar-refractivity contribution in [2.45, 2.75) is 25.7 Å². The first-order valence-corrected chi connectivity index (χ1v) is 6.28. The molecule has 0 aliphatic rings. The van der Waals surface area contributed by atoms with E-state index in [9.17, 15) is 4.79 Å². The van der Waals surface area contributed by atoms with Gasteiger partial charge in [0.15, 0.2) is 0 Å². The molecule has 0 N–H and O–H groups in total. The molecule has 0 saturated heterocycles. The molecule has 1 aromatic carbocycles. The molecule has 82 valence electrons. The van der Waals surface area contributed by atoms with Gasteiger partial charge in [0, 0.05) is 12.7 Å². The zero-order chi connectivity index (χ0) is 11.3. The largest absolute Gasteiger partial charge is 0.458 e. The predicted molar refractivity (Wildman–Crippen MR) is 63.8 cm³/mol. The fraction of sp³-hybridized carbons (Fsp3) is 0.417. The summed E-state index contributed by atoms with van der Waals surface area (Å²) in [5, 5.41) is 0. The summed E-state index contributed by atoms with van der Waals surface area (Å²) in [4.78, 5) is 10.9. The number of thioether (sulfide) groups is 1. The third-order valence-electron chi connectivity index (χ3n) is 2.14. The standard InChI is InChI=1S/C12H16O2S/c1-9(14-10(2)13)12-7-5-4-6-11(12)8-15-3/h4-7,9H,8H2,1-3H3. The van der Waals surface area contributed by atoms with Crippen molar-refractivity contribution in [3.8, 4) is 0 Å². The van der Waals surface area contributed by atoms with Crippen LogP contribution in [-0.2, 0) is 15.3 Å². The molecule has 0 heterocycles. The summed E-state index contributed by atoms with van der Waals surface area (Å²) in [5.41, 5.74) is 2.33. The lowest BCUT2D eigenvalue weighted by molar-refractivity contribution is -0.145. The van der Waals surface area contributed by atoms with Crippen molar-refractivity contribution < 1.29 is 9.53 Å². The van der Waals surface area contributed by atoms with Crippen LogP contribution in [0.3, 0.4) is 0 Å². The van der Waals surface area contributed by atoms with Crippen molar-refractivity contribution in [2.24, 2.45) is 0 Å². The Morgan fingerprint density at radius 3 is 2.73 bits per heavy atom. The van der Waals surface area contributed by atoms with E-state index in [1.54, 1.807) is 11.8 Å². The molecule has 0 bridgehead atoms. The van der Waals surface area contributed by atoms with E-state index in [4.69, 9.17) is 4.74 Å². The lowest BCUT2D eigenvalue weighted by Gasteiger charge is -2.15. The number of carbonyl (C=O) groups excluding carboxylic acids is 1. The van der Waals surface area contributed by atoms with Crippen LogP contribution in [0.25, 0.3) is 0 Å². The maximum atomic E-state index is 10.9. The van der Waals surface area contributed by atoms with Crippen LogP contribution in [0, 0.1) is 0 Å². The Kier molecular flexibility index (Phi) is 4.69. The second-order valence-corrected chi connectivity index (χ2v) is 4.25. The van der Waals surface area contributed by atoms with Crippen molar-refractivity contribution >= 4 is 17.7 Å². The average Bonchev–Trinajstić information content (AvgIpc) is 2.18. The van der Waals surface area contributed by atoms with Gasteiger partial charge in [-0.15, -0.1) is 0 Å². The highest BCUT2D eigenvalue weighted by Gasteiger charge is 2.11. The minimum Gasteiger partial charge on any atom is -0.458 e. The summed E-state index contributed by atoms with van der Waals surface area (Å²) in [6.45, 7) is 3.34. The minimum absolute atomic E-state index is 0.161. The van der Waals surface area contributed by atoms with Crippen LogP contribution in [0.5, 0.6) is 0 Å². The fourth-order valence-corrected chi connectivity index (χ4v) is 2.10. The van der Waals surface area contributed by atoms with E-state index in [1.165, 1.54) is 12.5 Å². The molecule has 0 amide bonds. The quantitative estimate of drug-likeness (QED) is 0.735. The topological polar surface area (TPSA) is 26.3 Å². The van der Waals surface area contributed by atoms with Crippen LogP contribution in [0.4, 0.5) is 0 Å². The van der Waals surface area contributed by atoms with Crippen molar-refractivity contribution in [1.29, 1.82) is 0 Å². The Morgan fingerprint density at radius 1 is 1.47 bits per heavy atom. The number of hydrogen-bond donors (Lipinski definition) is 0. The second kappa shape index (κ2) is 5.81. The first-order chi connectivity index (χ1) is 7.15. The monoisotopic (exact) mass is 224 g/mol. The lowest BCUT2D eigenvalue weighted by Crippen LogP contribution is -2.06. The van der Waals surface area contributed by atoms with Gasteiger partial charge in [0.1, 0.15) is 6.10 Å². The Labute approximate surface area is 95.0 Å². The van der Waals surface area contributed by atoms with Gasteiger partial charge in [0.05, 0.1) is 0 Å². The molecule has 2 nitrogen and oxygen atoms in total. The number of hydrogen-bond acceptors (Lipinski definition) is 3. The molecule has 1 atom stereocenters. The molecular formula is C12H16O2S. The molecular weight excluding hydrogens is 208 g/mol. The van der Waals surface area contributed by atoms with E-state index in [0.717, 1.165) is 11.3 Å². The van der Waals surface area contributed by atoms with Crippen LogP contribution < -0.4 is 0 Å². The number of carbonyl (C=O) groups is 1. The van der Waals surface area contributed by atoms with Crippen molar-refractivity contribution in [1.82, 2.24) is 0 Å². The van der Waals surface area contributed by atoms with E-state index in [0.29, 0.717) is 0 Å². The number of esters is 1. The van der Waals surface area contributed by atoms with E-state index in [-0.39, 0.29) is 12.1 Å². The Balaban J connectivity index is 2.86. The fourth-order valence-electron chi connectivity index (χ4n) is 1.53. The molecule has 0 saturated carbocycles. The maximum absolute atomic E-state index is 10.9. The molecule has 0 aromatic heterocycles. The van der Waals surface area contributed by atoms with Gasteiger partial charge in [-0.1, -0.05) is 24.3 Å². The smallest absolute Gasteiger partial charge is 0.303 e. The molecule has 0 spiro atoms. The van der Waals surface area contributed by atoms with Crippen LogP contribution in [-0.4, -0.2) is 12.2 Å². The third-order valence-corrected chi connectivity index (χ3v) is 2.74. The van der Waals surface area contributed by atoms with Gasteiger partial charge in [-0.25, -0.2) is 0 Å². The maximum Gasteiger partial charge on any atom is 0.303 e. The van der Waals surface area contributed by atoms with Gasteiger partial charge in [-0.2, -0.15) is 11.8 Å². The molecule has 0 radical (unpaired) electrons. The molecule has 1 aromatic rings.